The van der Waals surface area contributed by atoms with Gasteiger partial charge in [0.2, 0.25) is 0 Å². The second-order valence-corrected chi connectivity index (χ2v) is 9.03. The highest BCUT2D eigenvalue weighted by Crippen LogP contribution is 2.20. The zero-order valence-electron chi connectivity index (χ0n) is 19.7. The molecule has 4 rings (SSSR count). The maximum Gasteiger partial charge on any atom is 0.271 e. The van der Waals surface area contributed by atoms with E-state index in [1.807, 2.05) is 36.9 Å². The number of anilines is 1. The van der Waals surface area contributed by atoms with Gasteiger partial charge in [-0.1, -0.05) is 23.7 Å². The molecule has 0 saturated carbocycles. The van der Waals surface area contributed by atoms with E-state index in [0.717, 1.165) is 30.0 Å². The number of ether oxygens (including phenoxy) is 1. The van der Waals surface area contributed by atoms with Crippen molar-refractivity contribution < 1.29 is 9.53 Å². The maximum atomic E-state index is 13.0. The summed E-state index contributed by atoms with van der Waals surface area (Å²) in [5.74, 6) is 1.23. The summed E-state index contributed by atoms with van der Waals surface area (Å²) in [4.78, 5) is 29.5. The Hall–Kier alpha value is -3.32. The van der Waals surface area contributed by atoms with Gasteiger partial charge in [0, 0.05) is 37.3 Å². The molecule has 0 bridgehead atoms. The van der Waals surface area contributed by atoms with E-state index in [0.29, 0.717) is 30.4 Å². The summed E-state index contributed by atoms with van der Waals surface area (Å²) in [5, 5.41) is 5.20. The molecule has 2 heterocycles. The lowest BCUT2D eigenvalue weighted by atomic mass is 10.1. The molecule has 0 aliphatic carbocycles. The molecule has 1 saturated heterocycles. The van der Waals surface area contributed by atoms with Gasteiger partial charge in [-0.3, -0.25) is 9.59 Å². The first kappa shape index (κ1) is 23.8. The number of rotatable bonds is 5. The Morgan fingerprint density at radius 2 is 1.82 bits per heavy atom. The molecule has 3 aromatic rings. The number of aromatic nitrogens is 2. The lowest BCUT2D eigenvalue weighted by Gasteiger charge is -2.25. The monoisotopic (exact) mass is 480 g/mol. The quantitative estimate of drug-likeness (QED) is 0.552. The van der Waals surface area contributed by atoms with Crippen LogP contribution in [0.25, 0.3) is 5.69 Å². The van der Waals surface area contributed by atoms with Crippen LogP contribution in [-0.4, -0.2) is 52.9 Å². The lowest BCUT2D eigenvalue weighted by Crippen LogP contribution is -2.42. The summed E-state index contributed by atoms with van der Waals surface area (Å²) in [7, 11) is 0. The molecule has 0 N–H and O–H groups in total. The van der Waals surface area contributed by atoms with Gasteiger partial charge in [0.05, 0.1) is 5.69 Å². The lowest BCUT2D eigenvalue weighted by molar-refractivity contribution is -0.137. The summed E-state index contributed by atoms with van der Waals surface area (Å²) in [6, 6.07) is 16.2. The van der Waals surface area contributed by atoms with Gasteiger partial charge in [-0.05, 0) is 74.7 Å². The third-order valence-electron chi connectivity index (χ3n) is 6.11. The fraction of sp³-hybridized carbons (Fsp3) is 0.346. The van der Waals surface area contributed by atoms with Gasteiger partial charge in [-0.15, -0.1) is 5.10 Å². The molecule has 1 aliphatic rings. The number of nitrogens with zero attached hydrogens (tertiary/aromatic N) is 4. The van der Waals surface area contributed by atoms with Gasteiger partial charge in [0.1, 0.15) is 11.6 Å². The summed E-state index contributed by atoms with van der Waals surface area (Å²) >= 11 is 6.02. The Morgan fingerprint density at radius 1 is 1.00 bits per heavy atom. The van der Waals surface area contributed by atoms with Crippen LogP contribution in [0.1, 0.15) is 24.5 Å². The van der Waals surface area contributed by atoms with Crippen LogP contribution < -0.4 is 15.2 Å². The summed E-state index contributed by atoms with van der Waals surface area (Å²) in [6.07, 6.45) is 0.176. The predicted octanol–water partition coefficient (Wildman–Crippen LogP) is 4.01. The third-order valence-corrected chi connectivity index (χ3v) is 6.34. The van der Waals surface area contributed by atoms with E-state index in [1.54, 1.807) is 43.3 Å². The van der Waals surface area contributed by atoms with Crippen LogP contribution in [0.3, 0.4) is 0 Å². The number of hydrogen-bond donors (Lipinski definition) is 0. The van der Waals surface area contributed by atoms with Crippen LogP contribution in [0, 0.1) is 13.8 Å². The number of aryl methyl sites for hydroxylation is 2. The Morgan fingerprint density at radius 3 is 2.59 bits per heavy atom. The van der Waals surface area contributed by atoms with Crippen LogP contribution in [0.2, 0.25) is 5.02 Å². The van der Waals surface area contributed by atoms with Crippen molar-refractivity contribution in [2.75, 3.05) is 31.1 Å². The summed E-state index contributed by atoms with van der Waals surface area (Å²) in [6.45, 7) is 8.36. The molecule has 1 aromatic heterocycles. The first-order valence-electron chi connectivity index (χ1n) is 11.5. The number of benzene rings is 2. The zero-order valence-corrected chi connectivity index (χ0v) is 20.5. The number of carbonyl (C=O) groups excluding carboxylic acids is 1. The number of carbonyl (C=O) groups is 1. The second kappa shape index (κ2) is 10.3. The van der Waals surface area contributed by atoms with Crippen molar-refractivity contribution in [3.8, 4) is 11.4 Å². The Kier molecular flexibility index (Phi) is 7.22. The van der Waals surface area contributed by atoms with Gasteiger partial charge in [0.25, 0.3) is 11.5 Å². The van der Waals surface area contributed by atoms with E-state index >= 15 is 0 Å². The van der Waals surface area contributed by atoms with Gasteiger partial charge in [-0.25, -0.2) is 0 Å². The minimum Gasteiger partial charge on any atom is -0.481 e. The topological polar surface area (TPSA) is 67.7 Å². The molecular weight excluding hydrogens is 452 g/mol. The molecule has 1 fully saturated rings. The SMILES string of the molecule is Cc1ccc(-n2nc(N3CCCN(C(=O)C(C)Oc4cccc(Cl)c4)CC3)ccc2=O)cc1C. The minimum absolute atomic E-state index is 0.0603. The fourth-order valence-electron chi connectivity index (χ4n) is 4.03. The third kappa shape index (κ3) is 5.42. The average molecular weight is 481 g/mol. The fourth-order valence-corrected chi connectivity index (χ4v) is 4.21. The Balaban J connectivity index is 1.45. The molecule has 8 heteroatoms. The minimum atomic E-state index is -0.616. The van der Waals surface area contributed by atoms with Crippen LogP contribution in [0.5, 0.6) is 5.75 Å². The van der Waals surface area contributed by atoms with Crippen molar-refractivity contribution in [3.05, 3.63) is 81.1 Å². The number of hydrogen-bond acceptors (Lipinski definition) is 5. The molecule has 1 amide bonds. The highest BCUT2D eigenvalue weighted by Gasteiger charge is 2.25. The first-order valence-corrected chi connectivity index (χ1v) is 11.8. The number of amides is 1. The van der Waals surface area contributed by atoms with Crippen molar-refractivity contribution >= 4 is 23.3 Å². The van der Waals surface area contributed by atoms with Gasteiger partial charge in [0.15, 0.2) is 6.10 Å². The van der Waals surface area contributed by atoms with Gasteiger partial charge >= 0.3 is 0 Å². The predicted molar refractivity (Wildman–Crippen MR) is 134 cm³/mol. The van der Waals surface area contributed by atoms with Gasteiger partial charge in [-0.2, -0.15) is 4.68 Å². The van der Waals surface area contributed by atoms with Crippen LogP contribution in [0.15, 0.2) is 59.4 Å². The second-order valence-electron chi connectivity index (χ2n) is 8.59. The van der Waals surface area contributed by atoms with Gasteiger partial charge < -0.3 is 14.5 Å². The molecule has 178 valence electrons. The maximum absolute atomic E-state index is 13.0. The normalized spacial score (nSPS) is 15.1. The Bertz CT molecular complexity index is 1240. The highest BCUT2D eigenvalue weighted by atomic mass is 35.5. The number of halogens is 1. The molecule has 1 aliphatic heterocycles. The van der Waals surface area contributed by atoms with Crippen LogP contribution in [-0.2, 0) is 4.79 Å². The molecule has 0 spiro atoms. The molecule has 34 heavy (non-hydrogen) atoms. The molecule has 2 aromatic carbocycles. The molecule has 7 nitrogen and oxygen atoms in total. The van der Waals surface area contributed by atoms with E-state index in [-0.39, 0.29) is 11.5 Å². The van der Waals surface area contributed by atoms with Crippen molar-refractivity contribution in [2.24, 2.45) is 0 Å². The first-order chi connectivity index (χ1) is 16.3. The smallest absolute Gasteiger partial charge is 0.271 e. The summed E-state index contributed by atoms with van der Waals surface area (Å²) < 4.78 is 7.26. The van der Waals surface area contributed by atoms with Crippen molar-refractivity contribution in [2.45, 2.75) is 33.3 Å². The van der Waals surface area contributed by atoms with E-state index in [1.165, 1.54) is 10.2 Å². The largest absolute Gasteiger partial charge is 0.481 e. The Labute approximate surface area is 204 Å². The van der Waals surface area contributed by atoms with E-state index in [2.05, 4.69) is 10.00 Å². The van der Waals surface area contributed by atoms with E-state index in [9.17, 15) is 9.59 Å². The molecular formula is C26H29ClN4O3. The average Bonchev–Trinajstić information content (AvgIpc) is 3.07. The highest BCUT2D eigenvalue weighted by molar-refractivity contribution is 6.30. The van der Waals surface area contributed by atoms with Crippen molar-refractivity contribution in [3.63, 3.8) is 0 Å². The zero-order chi connectivity index (χ0) is 24.2. The standard InChI is InChI=1S/C26H29ClN4O3/c1-18-8-9-22(16-19(18)2)31-25(32)11-10-24(28-31)29-12-5-13-30(15-14-29)26(33)20(3)34-23-7-4-6-21(27)17-23/h4,6-11,16-17,20H,5,12-15H2,1-3H3. The van der Waals surface area contributed by atoms with E-state index in [4.69, 9.17) is 16.3 Å². The van der Waals surface area contributed by atoms with Crippen LogP contribution in [0.4, 0.5) is 5.82 Å². The summed E-state index contributed by atoms with van der Waals surface area (Å²) in [5.41, 5.74) is 2.84. The molecule has 1 atom stereocenters. The van der Waals surface area contributed by atoms with Crippen molar-refractivity contribution in [1.29, 1.82) is 0 Å². The molecule has 0 radical (unpaired) electrons. The van der Waals surface area contributed by atoms with Crippen molar-refractivity contribution in [1.82, 2.24) is 14.7 Å². The molecule has 1 unspecified atom stereocenters. The van der Waals surface area contributed by atoms with E-state index < -0.39 is 6.10 Å². The van der Waals surface area contributed by atoms with Crippen LogP contribution >= 0.6 is 11.6 Å².